The summed E-state index contributed by atoms with van der Waals surface area (Å²) in [7, 11) is 1.73. The molecule has 0 saturated carbocycles. The van der Waals surface area contributed by atoms with Gasteiger partial charge in [0.05, 0.1) is 22.8 Å². The number of hydrogen-bond acceptors (Lipinski definition) is 6. The molecule has 2 heterocycles. The van der Waals surface area contributed by atoms with Crippen LogP contribution in [0.15, 0.2) is 10.4 Å². The van der Waals surface area contributed by atoms with Crippen molar-refractivity contribution < 1.29 is 14.3 Å². The van der Waals surface area contributed by atoms with Gasteiger partial charge in [-0.1, -0.05) is 0 Å². The third-order valence-corrected chi connectivity index (χ3v) is 5.38. The number of rotatable bonds is 5. The molecule has 1 aliphatic heterocycles. The van der Waals surface area contributed by atoms with Gasteiger partial charge in [-0.15, -0.1) is 35.3 Å². The van der Waals surface area contributed by atoms with Gasteiger partial charge in [-0.05, 0) is 48.5 Å². The molecule has 1 aromatic heterocycles. The van der Waals surface area contributed by atoms with E-state index in [2.05, 4.69) is 26.0 Å². The van der Waals surface area contributed by atoms with Crippen LogP contribution in [0.2, 0.25) is 0 Å². The van der Waals surface area contributed by atoms with Crippen LogP contribution in [0.5, 0.6) is 0 Å². The molecular weight excluding hydrogens is 517 g/mol. The van der Waals surface area contributed by atoms with Crippen molar-refractivity contribution in [2.75, 3.05) is 20.1 Å². The van der Waals surface area contributed by atoms with Crippen molar-refractivity contribution >= 4 is 47.4 Å². The Labute approximate surface area is 201 Å². The fourth-order valence-electron chi connectivity index (χ4n) is 3.38. The molecule has 1 fully saturated rings. The maximum Gasteiger partial charge on any atom is 0.412 e. The van der Waals surface area contributed by atoms with E-state index in [1.807, 2.05) is 48.5 Å². The van der Waals surface area contributed by atoms with Crippen LogP contribution in [-0.4, -0.2) is 65.5 Å². The quantitative estimate of drug-likeness (QED) is 0.330. The molecule has 0 bridgehead atoms. The summed E-state index contributed by atoms with van der Waals surface area (Å²) in [4.78, 5) is 23.3. The summed E-state index contributed by atoms with van der Waals surface area (Å²) in [5, 5.41) is 9.75. The van der Waals surface area contributed by atoms with Gasteiger partial charge in [0, 0.05) is 31.9 Å². The molecule has 172 valence electrons. The largest absolute Gasteiger partial charge is 0.444 e. The van der Waals surface area contributed by atoms with Crippen molar-refractivity contribution in [2.24, 2.45) is 4.99 Å². The average Bonchev–Trinajstić information content (AvgIpc) is 3.08. The molecule has 1 aliphatic rings. The number of carbonyl (C=O) groups is 1. The number of aromatic nitrogens is 1. The van der Waals surface area contributed by atoms with E-state index < -0.39 is 11.3 Å². The number of hydrogen-bond donors (Lipinski definition) is 2. The maximum absolute atomic E-state index is 12.8. The molecule has 0 aliphatic carbocycles. The Morgan fingerprint density at radius 1 is 1.40 bits per heavy atom. The number of aryl methyl sites for hydroxylation is 1. The van der Waals surface area contributed by atoms with E-state index in [1.54, 1.807) is 23.3 Å². The van der Waals surface area contributed by atoms with Gasteiger partial charge < -0.3 is 20.1 Å². The lowest BCUT2D eigenvalue weighted by atomic mass is 10.1. The first-order chi connectivity index (χ1) is 13.4. The van der Waals surface area contributed by atoms with Gasteiger partial charge in [0.15, 0.2) is 5.96 Å². The maximum atomic E-state index is 12.8. The Bertz CT molecular complexity index is 732. The SMILES string of the molecule is CN=C(NCCc1csc(C)n1)NCC1C(C)OC(C)(C)N1C(=O)OC(C)(C)C.I. The molecule has 2 atom stereocenters. The molecule has 1 amide bonds. The van der Waals surface area contributed by atoms with E-state index in [9.17, 15) is 4.79 Å². The monoisotopic (exact) mass is 553 g/mol. The fraction of sp³-hybridized carbons (Fsp3) is 0.750. The van der Waals surface area contributed by atoms with Crippen molar-refractivity contribution in [2.45, 2.75) is 78.4 Å². The normalized spacial score (nSPS) is 21.2. The highest BCUT2D eigenvalue weighted by atomic mass is 127. The standard InChI is InChI=1S/C20H35N5O3S.HI/c1-13-16(25(20(6,7)27-13)18(26)28-19(3,4)5)11-23-17(21-8)22-10-9-15-12-29-14(2)24-15;/h12-13,16H,9-11H2,1-8H3,(H2,21,22,23);1H. The van der Waals surface area contributed by atoms with E-state index in [0.29, 0.717) is 12.5 Å². The van der Waals surface area contributed by atoms with Crippen molar-refractivity contribution in [3.05, 3.63) is 16.1 Å². The Morgan fingerprint density at radius 3 is 2.60 bits per heavy atom. The predicted octanol–water partition coefficient (Wildman–Crippen LogP) is 3.54. The predicted molar refractivity (Wildman–Crippen MR) is 132 cm³/mol. The Hall–Kier alpha value is -1.14. The van der Waals surface area contributed by atoms with Crippen LogP contribution in [0, 0.1) is 6.92 Å². The lowest BCUT2D eigenvalue weighted by Crippen LogP contribution is -2.54. The molecule has 2 N–H and O–H groups in total. The summed E-state index contributed by atoms with van der Waals surface area (Å²) in [6, 6.07) is -0.181. The van der Waals surface area contributed by atoms with Crippen molar-refractivity contribution in [3.63, 3.8) is 0 Å². The first kappa shape index (κ1) is 26.9. The molecule has 10 heteroatoms. The number of halogens is 1. The van der Waals surface area contributed by atoms with Crippen LogP contribution in [-0.2, 0) is 15.9 Å². The van der Waals surface area contributed by atoms with E-state index in [1.165, 1.54) is 0 Å². The zero-order valence-corrected chi connectivity index (χ0v) is 22.4. The number of thiazole rings is 1. The zero-order valence-electron chi connectivity index (χ0n) is 19.2. The Kier molecular flexibility index (Phi) is 9.81. The van der Waals surface area contributed by atoms with E-state index in [0.717, 1.165) is 23.7 Å². The lowest BCUT2D eigenvalue weighted by molar-refractivity contribution is -0.0755. The van der Waals surface area contributed by atoms with Crippen LogP contribution in [0.3, 0.4) is 0 Å². The number of aliphatic imine (C=N–C) groups is 1. The smallest absolute Gasteiger partial charge is 0.412 e. The van der Waals surface area contributed by atoms with E-state index in [-0.39, 0.29) is 42.2 Å². The number of carbonyl (C=O) groups excluding carboxylic acids is 1. The molecule has 1 saturated heterocycles. The van der Waals surface area contributed by atoms with E-state index in [4.69, 9.17) is 9.47 Å². The van der Waals surface area contributed by atoms with Gasteiger partial charge in [0.25, 0.3) is 0 Å². The highest BCUT2D eigenvalue weighted by Gasteiger charge is 2.49. The third-order valence-electron chi connectivity index (χ3n) is 4.56. The molecule has 2 unspecified atom stereocenters. The van der Waals surface area contributed by atoms with Crippen LogP contribution >= 0.6 is 35.3 Å². The number of ether oxygens (including phenoxy) is 2. The minimum atomic E-state index is -0.743. The van der Waals surface area contributed by atoms with Gasteiger partial charge in [-0.25, -0.2) is 9.78 Å². The molecule has 8 nitrogen and oxygen atoms in total. The van der Waals surface area contributed by atoms with Crippen LogP contribution in [0.4, 0.5) is 4.79 Å². The minimum Gasteiger partial charge on any atom is -0.444 e. The Balaban J connectivity index is 0.00000450. The summed E-state index contributed by atoms with van der Waals surface area (Å²) in [6.07, 6.45) is 0.312. The molecule has 0 spiro atoms. The number of amides is 1. The molecule has 2 rings (SSSR count). The second-order valence-electron chi connectivity index (χ2n) is 8.68. The van der Waals surface area contributed by atoms with Gasteiger partial charge >= 0.3 is 6.09 Å². The second-order valence-corrected chi connectivity index (χ2v) is 9.74. The average molecular weight is 554 g/mol. The topological polar surface area (TPSA) is 88.1 Å². The third kappa shape index (κ3) is 7.52. The number of nitrogens with zero attached hydrogens (tertiary/aromatic N) is 3. The fourth-order valence-corrected chi connectivity index (χ4v) is 4.02. The number of nitrogens with one attached hydrogen (secondary N) is 2. The van der Waals surface area contributed by atoms with Gasteiger partial charge in [-0.3, -0.25) is 9.89 Å². The van der Waals surface area contributed by atoms with Gasteiger partial charge in [0.1, 0.15) is 11.3 Å². The molecule has 0 aromatic carbocycles. The number of guanidine groups is 1. The summed E-state index contributed by atoms with van der Waals surface area (Å²) < 4.78 is 11.6. The first-order valence-corrected chi connectivity index (χ1v) is 10.9. The van der Waals surface area contributed by atoms with Crippen LogP contribution in [0.1, 0.15) is 52.2 Å². The second kappa shape index (κ2) is 10.9. The molecular formula is C20H36IN5O3S. The molecule has 1 aromatic rings. The summed E-state index contributed by atoms with van der Waals surface area (Å²) in [5.41, 5.74) is -0.234. The summed E-state index contributed by atoms with van der Waals surface area (Å²) in [6.45, 7) is 14.6. The first-order valence-electron chi connectivity index (χ1n) is 9.98. The van der Waals surface area contributed by atoms with Crippen molar-refractivity contribution in [3.8, 4) is 0 Å². The van der Waals surface area contributed by atoms with Crippen molar-refractivity contribution in [1.29, 1.82) is 0 Å². The van der Waals surface area contributed by atoms with Gasteiger partial charge in [0.2, 0.25) is 0 Å². The zero-order chi connectivity index (χ0) is 21.8. The Morgan fingerprint density at radius 2 is 2.07 bits per heavy atom. The van der Waals surface area contributed by atoms with E-state index >= 15 is 0 Å². The highest BCUT2D eigenvalue weighted by molar-refractivity contribution is 14.0. The molecule has 0 radical (unpaired) electrons. The highest BCUT2D eigenvalue weighted by Crippen LogP contribution is 2.33. The lowest BCUT2D eigenvalue weighted by Gasteiger charge is -2.35. The molecule has 30 heavy (non-hydrogen) atoms. The van der Waals surface area contributed by atoms with Gasteiger partial charge in [-0.2, -0.15) is 0 Å². The van der Waals surface area contributed by atoms with Crippen molar-refractivity contribution in [1.82, 2.24) is 20.5 Å². The summed E-state index contributed by atoms with van der Waals surface area (Å²) >= 11 is 1.65. The van der Waals surface area contributed by atoms with Crippen LogP contribution < -0.4 is 10.6 Å². The van der Waals surface area contributed by atoms with Crippen LogP contribution in [0.25, 0.3) is 0 Å². The summed E-state index contributed by atoms with van der Waals surface area (Å²) in [5.74, 6) is 0.679. The minimum absolute atomic E-state index is 0.